The Labute approximate surface area is 177 Å². The number of carbonyl (C=O) groups is 1. The van der Waals surface area contributed by atoms with Crippen LogP contribution in [0.3, 0.4) is 0 Å². The molecule has 4 saturated carbocycles. The Balaban J connectivity index is 1.41. The number of phenols is 1. The number of aromatic hydroxyl groups is 1. The minimum absolute atomic E-state index is 0.122. The Bertz CT molecular complexity index is 945. The number of esters is 1. The van der Waals surface area contributed by atoms with Gasteiger partial charge >= 0.3 is 5.97 Å². The molecule has 30 heavy (non-hydrogen) atoms. The number of rotatable bonds is 5. The Morgan fingerprint density at radius 2 is 1.77 bits per heavy atom. The van der Waals surface area contributed by atoms with Gasteiger partial charge in [0, 0.05) is 35.2 Å². The maximum Gasteiger partial charge on any atom is 0.330 e. The molecule has 1 aromatic carbocycles. The van der Waals surface area contributed by atoms with E-state index in [1.807, 2.05) is 6.07 Å². The molecule has 0 saturated heterocycles. The predicted octanol–water partition coefficient (Wildman–Crippen LogP) is 4.89. The molecule has 0 spiro atoms. The van der Waals surface area contributed by atoms with E-state index in [-0.39, 0.29) is 11.4 Å². The highest BCUT2D eigenvalue weighted by atomic mass is 16.5. The van der Waals surface area contributed by atoms with Gasteiger partial charge < -0.3 is 9.84 Å². The highest BCUT2D eigenvalue weighted by Crippen LogP contribution is 2.62. The molecule has 0 amide bonds. The van der Waals surface area contributed by atoms with Crippen molar-refractivity contribution in [3.05, 3.63) is 47.8 Å². The first-order valence-electron chi connectivity index (χ1n) is 11.1. The van der Waals surface area contributed by atoms with Gasteiger partial charge in [-0.15, -0.1) is 0 Å². The van der Waals surface area contributed by atoms with Crippen LogP contribution in [0, 0.1) is 17.8 Å². The van der Waals surface area contributed by atoms with Crippen LogP contribution in [-0.4, -0.2) is 27.7 Å². The monoisotopic (exact) mass is 404 g/mol. The molecule has 1 heterocycles. The molecule has 0 aliphatic heterocycles. The number of hydrogen-bond donors (Lipinski definition) is 1. The molecule has 4 aliphatic rings. The van der Waals surface area contributed by atoms with Crippen LogP contribution in [0.5, 0.6) is 5.75 Å². The predicted molar refractivity (Wildman–Crippen MR) is 115 cm³/mol. The van der Waals surface area contributed by atoms with Crippen molar-refractivity contribution in [2.45, 2.75) is 50.9 Å². The number of nitrogens with zero attached hydrogens (tertiary/aromatic N) is 2. The molecular weight excluding hydrogens is 376 g/mol. The zero-order chi connectivity index (χ0) is 20.7. The van der Waals surface area contributed by atoms with Crippen molar-refractivity contribution in [2.75, 3.05) is 6.61 Å². The van der Waals surface area contributed by atoms with Gasteiger partial charge in [0.25, 0.3) is 0 Å². The minimum atomic E-state index is -0.375. The van der Waals surface area contributed by atoms with Crippen molar-refractivity contribution in [1.29, 1.82) is 0 Å². The van der Waals surface area contributed by atoms with Crippen molar-refractivity contribution in [3.8, 4) is 17.1 Å². The van der Waals surface area contributed by atoms with Crippen LogP contribution < -0.4 is 0 Å². The Hall–Kier alpha value is -2.69. The summed E-state index contributed by atoms with van der Waals surface area (Å²) in [5.74, 6) is 3.13. The van der Waals surface area contributed by atoms with Crippen LogP contribution >= 0.6 is 0 Å². The van der Waals surface area contributed by atoms with Crippen molar-refractivity contribution >= 4 is 12.0 Å². The van der Waals surface area contributed by atoms with Crippen molar-refractivity contribution in [2.24, 2.45) is 17.8 Å². The Morgan fingerprint density at radius 3 is 2.37 bits per heavy atom. The van der Waals surface area contributed by atoms with Crippen molar-refractivity contribution < 1.29 is 14.6 Å². The van der Waals surface area contributed by atoms with Crippen LogP contribution in [0.4, 0.5) is 0 Å². The number of aromatic nitrogens is 2. The molecule has 2 aromatic rings. The average Bonchev–Trinajstić information content (AvgIpc) is 2.72. The molecule has 0 atom stereocenters. The molecule has 1 aromatic heterocycles. The molecule has 1 N–H and O–H groups in total. The first-order chi connectivity index (χ1) is 14.5. The molecule has 5 nitrogen and oxygen atoms in total. The van der Waals surface area contributed by atoms with Gasteiger partial charge in [-0.25, -0.2) is 14.8 Å². The van der Waals surface area contributed by atoms with Crippen LogP contribution in [0.1, 0.15) is 56.6 Å². The lowest BCUT2D eigenvalue weighted by molar-refractivity contribution is -0.137. The second-order valence-electron chi connectivity index (χ2n) is 9.36. The van der Waals surface area contributed by atoms with Gasteiger partial charge in [0.1, 0.15) is 5.75 Å². The largest absolute Gasteiger partial charge is 0.508 e. The minimum Gasteiger partial charge on any atom is -0.508 e. The SMILES string of the molecule is CCOC(=O)C=Cc1cnc(-c2ccc(O)c(C34CC5CC(CC(C5)C3)C4)c2)nc1. The van der Waals surface area contributed by atoms with E-state index in [1.165, 1.54) is 44.6 Å². The van der Waals surface area contributed by atoms with E-state index >= 15 is 0 Å². The molecule has 156 valence electrons. The van der Waals surface area contributed by atoms with Gasteiger partial charge in [-0.05, 0) is 92.9 Å². The van der Waals surface area contributed by atoms with E-state index < -0.39 is 0 Å². The fourth-order valence-electron chi connectivity index (χ4n) is 6.47. The van der Waals surface area contributed by atoms with Gasteiger partial charge in [0.2, 0.25) is 0 Å². The molecule has 0 radical (unpaired) electrons. The maximum absolute atomic E-state index is 11.5. The molecule has 5 heteroatoms. The lowest BCUT2D eigenvalue weighted by Crippen LogP contribution is -2.48. The fourth-order valence-corrected chi connectivity index (χ4v) is 6.47. The molecule has 6 rings (SSSR count). The standard InChI is InChI=1S/C25H28N2O3/c1-2-30-23(29)6-3-16-14-26-24(27-15-16)20-4-5-22(28)21(10-20)25-11-17-7-18(12-25)9-19(8-17)13-25/h3-6,10,14-15,17-19,28H,2,7-9,11-13H2,1H3. The summed E-state index contributed by atoms with van der Waals surface area (Å²) in [4.78, 5) is 20.5. The van der Waals surface area contributed by atoms with E-state index in [0.29, 0.717) is 18.2 Å². The summed E-state index contributed by atoms with van der Waals surface area (Å²) in [6.07, 6.45) is 14.2. The van der Waals surface area contributed by atoms with Crippen LogP contribution in [0.2, 0.25) is 0 Å². The molecule has 0 unspecified atom stereocenters. The topological polar surface area (TPSA) is 72.3 Å². The summed E-state index contributed by atoms with van der Waals surface area (Å²) in [6.45, 7) is 2.13. The van der Waals surface area contributed by atoms with Crippen molar-refractivity contribution in [1.82, 2.24) is 9.97 Å². The lowest BCUT2D eigenvalue weighted by Gasteiger charge is -2.57. The van der Waals surface area contributed by atoms with Gasteiger partial charge in [0.05, 0.1) is 6.61 Å². The molecule has 4 bridgehead atoms. The van der Waals surface area contributed by atoms with Crippen molar-refractivity contribution in [3.63, 3.8) is 0 Å². The molecular formula is C25H28N2O3. The zero-order valence-electron chi connectivity index (χ0n) is 17.4. The van der Waals surface area contributed by atoms with E-state index in [0.717, 1.165) is 34.4 Å². The molecule has 4 aliphatic carbocycles. The highest BCUT2D eigenvalue weighted by molar-refractivity contribution is 5.86. The van der Waals surface area contributed by atoms with Gasteiger partial charge in [-0.1, -0.05) is 0 Å². The Kier molecular flexibility index (Phi) is 4.84. The van der Waals surface area contributed by atoms with Crippen LogP contribution in [-0.2, 0) is 14.9 Å². The first-order valence-corrected chi connectivity index (χ1v) is 11.1. The van der Waals surface area contributed by atoms with E-state index in [4.69, 9.17) is 4.74 Å². The van der Waals surface area contributed by atoms with Crippen LogP contribution in [0.25, 0.3) is 17.5 Å². The van der Waals surface area contributed by atoms with Gasteiger partial charge in [-0.3, -0.25) is 0 Å². The smallest absolute Gasteiger partial charge is 0.330 e. The van der Waals surface area contributed by atoms with Gasteiger partial charge in [-0.2, -0.15) is 0 Å². The third-order valence-corrected chi connectivity index (χ3v) is 7.23. The number of hydrogen-bond acceptors (Lipinski definition) is 5. The van der Waals surface area contributed by atoms with Gasteiger partial charge in [0.15, 0.2) is 5.82 Å². The number of benzene rings is 1. The Morgan fingerprint density at radius 1 is 1.13 bits per heavy atom. The molecule has 4 fully saturated rings. The van der Waals surface area contributed by atoms with E-state index in [1.54, 1.807) is 31.5 Å². The second-order valence-corrected chi connectivity index (χ2v) is 9.36. The van der Waals surface area contributed by atoms with E-state index in [2.05, 4.69) is 16.0 Å². The summed E-state index contributed by atoms with van der Waals surface area (Å²) < 4.78 is 4.89. The summed E-state index contributed by atoms with van der Waals surface area (Å²) in [5, 5.41) is 10.8. The maximum atomic E-state index is 11.5. The third-order valence-electron chi connectivity index (χ3n) is 7.23. The zero-order valence-corrected chi connectivity index (χ0v) is 17.4. The number of ether oxygens (including phenoxy) is 1. The summed E-state index contributed by atoms with van der Waals surface area (Å²) >= 11 is 0. The fraction of sp³-hybridized carbons (Fsp3) is 0.480. The first kappa shape index (κ1) is 19.3. The number of carbonyl (C=O) groups excluding carboxylic acids is 1. The highest BCUT2D eigenvalue weighted by Gasteiger charge is 2.52. The third kappa shape index (κ3) is 3.51. The quantitative estimate of drug-likeness (QED) is 0.567. The van der Waals surface area contributed by atoms with E-state index in [9.17, 15) is 9.90 Å². The average molecular weight is 405 g/mol. The second kappa shape index (κ2) is 7.53. The number of phenolic OH excluding ortho intramolecular Hbond substituents is 1. The normalized spacial score (nSPS) is 29.4. The summed E-state index contributed by atoms with van der Waals surface area (Å²) in [7, 11) is 0. The summed E-state index contributed by atoms with van der Waals surface area (Å²) in [5.41, 5.74) is 2.89. The van der Waals surface area contributed by atoms with Crippen LogP contribution in [0.15, 0.2) is 36.7 Å². The lowest BCUT2D eigenvalue weighted by atomic mass is 9.48. The summed E-state index contributed by atoms with van der Waals surface area (Å²) in [6, 6.07) is 5.82.